The zero-order chi connectivity index (χ0) is 24.0. The van der Waals surface area contributed by atoms with Gasteiger partial charge < -0.3 is 20.5 Å². The summed E-state index contributed by atoms with van der Waals surface area (Å²) < 4.78 is 5.26. The van der Waals surface area contributed by atoms with Gasteiger partial charge in [0.05, 0.1) is 0 Å². The number of alkyl carbamates (subject to hydrolysis) is 1. The monoisotopic (exact) mass is 454 g/mol. The average Bonchev–Trinajstić information content (AvgIpc) is 2.76. The zero-order valence-electron chi connectivity index (χ0n) is 19.6. The van der Waals surface area contributed by atoms with E-state index >= 15 is 0 Å². The molecule has 178 valence electrons. The predicted octanol–water partition coefficient (Wildman–Crippen LogP) is 4.28. The highest BCUT2D eigenvalue weighted by Crippen LogP contribution is 2.29. The van der Waals surface area contributed by atoms with Crippen LogP contribution in [0.15, 0.2) is 42.5 Å². The lowest BCUT2D eigenvalue weighted by atomic mass is 9.81. The van der Waals surface area contributed by atoms with Gasteiger partial charge in [-0.1, -0.05) is 42.5 Å². The Balaban J connectivity index is 1.48. The topological polar surface area (TPSA) is 105 Å². The fourth-order valence-corrected chi connectivity index (χ4v) is 4.26. The van der Waals surface area contributed by atoms with Crippen LogP contribution < -0.4 is 10.6 Å². The Morgan fingerprint density at radius 3 is 2.33 bits per heavy atom. The van der Waals surface area contributed by atoms with Crippen LogP contribution in [-0.2, 0) is 20.7 Å². The number of carbonyl (C=O) groups excluding carboxylic acids is 2. The summed E-state index contributed by atoms with van der Waals surface area (Å²) in [6.45, 7) is 5.98. The summed E-state index contributed by atoms with van der Waals surface area (Å²) in [7, 11) is 0. The van der Waals surface area contributed by atoms with Crippen LogP contribution in [0.2, 0.25) is 0 Å². The van der Waals surface area contributed by atoms with Crippen molar-refractivity contribution in [2.45, 2.75) is 64.5 Å². The van der Waals surface area contributed by atoms with Crippen molar-refractivity contribution in [2.75, 3.05) is 6.54 Å². The van der Waals surface area contributed by atoms with Crippen molar-refractivity contribution in [3.63, 3.8) is 0 Å². The maximum Gasteiger partial charge on any atom is 0.407 e. The highest BCUT2D eigenvalue weighted by atomic mass is 16.6. The number of carbonyl (C=O) groups is 3. The molecule has 3 rings (SSSR count). The van der Waals surface area contributed by atoms with Gasteiger partial charge in [-0.25, -0.2) is 9.59 Å². The third-order valence-electron chi connectivity index (χ3n) is 6.02. The second kappa shape index (κ2) is 10.7. The molecule has 0 saturated heterocycles. The molecule has 0 spiro atoms. The minimum absolute atomic E-state index is 0.207. The number of benzene rings is 2. The zero-order valence-corrected chi connectivity index (χ0v) is 19.6. The Kier molecular flexibility index (Phi) is 7.95. The predicted molar refractivity (Wildman–Crippen MR) is 127 cm³/mol. The molecular weight excluding hydrogens is 420 g/mol. The molecule has 7 heteroatoms. The number of rotatable bonds is 7. The van der Waals surface area contributed by atoms with Crippen molar-refractivity contribution in [1.29, 1.82) is 0 Å². The highest BCUT2D eigenvalue weighted by Gasteiger charge is 2.30. The lowest BCUT2D eigenvalue weighted by Gasteiger charge is -2.29. The third kappa shape index (κ3) is 7.48. The Labute approximate surface area is 194 Å². The molecule has 0 bridgehead atoms. The lowest BCUT2D eigenvalue weighted by Crippen LogP contribution is -2.46. The number of fused-ring (bicyclic) bond motifs is 1. The molecule has 2 amide bonds. The second-order valence-electron chi connectivity index (χ2n) is 9.89. The largest absolute Gasteiger partial charge is 0.480 e. The van der Waals surface area contributed by atoms with Gasteiger partial charge in [-0.15, -0.1) is 0 Å². The first-order valence-electron chi connectivity index (χ1n) is 11.6. The number of amides is 2. The van der Waals surface area contributed by atoms with Crippen LogP contribution in [0.25, 0.3) is 10.8 Å². The molecule has 33 heavy (non-hydrogen) atoms. The number of hydrogen-bond acceptors (Lipinski definition) is 4. The molecule has 1 atom stereocenters. The van der Waals surface area contributed by atoms with Crippen LogP contribution in [0, 0.1) is 11.8 Å². The summed E-state index contributed by atoms with van der Waals surface area (Å²) >= 11 is 0. The summed E-state index contributed by atoms with van der Waals surface area (Å²) in [5.41, 5.74) is 0.339. The van der Waals surface area contributed by atoms with Gasteiger partial charge in [0.25, 0.3) is 0 Å². The summed E-state index contributed by atoms with van der Waals surface area (Å²) in [5, 5.41) is 17.4. The molecule has 1 fully saturated rings. The van der Waals surface area contributed by atoms with Gasteiger partial charge >= 0.3 is 12.1 Å². The first-order chi connectivity index (χ1) is 15.6. The number of aliphatic carboxylic acids is 1. The molecule has 2 aromatic rings. The van der Waals surface area contributed by atoms with Gasteiger partial charge in [0.15, 0.2) is 0 Å². The van der Waals surface area contributed by atoms with Gasteiger partial charge in [-0.2, -0.15) is 0 Å². The third-order valence-corrected chi connectivity index (χ3v) is 6.02. The van der Waals surface area contributed by atoms with E-state index in [-0.39, 0.29) is 24.2 Å². The molecule has 2 aromatic carbocycles. The Hall–Kier alpha value is -3.09. The van der Waals surface area contributed by atoms with Gasteiger partial charge in [0.1, 0.15) is 11.6 Å². The van der Waals surface area contributed by atoms with Crippen molar-refractivity contribution in [2.24, 2.45) is 11.8 Å². The summed E-state index contributed by atoms with van der Waals surface area (Å²) in [4.78, 5) is 36.4. The molecule has 1 saturated carbocycles. The Morgan fingerprint density at radius 2 is 1.70 bits per heavy atom. The molecule has 1 aliphatic carbocycles. The van der Waals surface area contributed by atoms with Crippen molar-refractivity contribution < 1.29 is 24.2 Å². The van der Waals surface area contributed by atoms with E-state index in [1.165, 1.54) is 0 Å². The smallest absolute Gasteiger partial charge is 0.407 e. The SMILES string of the molecule is CC(C)(C)OC(=O)NCC1CCC(C(=O)N[C@@H](Cc2ccc3ccccc3c2)C(=O)O)CC1. The first-order valence-corrected chi connectivity index (χ1v) is 11.6. The fraction of sp³-hybridized carbons (Fsp3) is 0.500. The molecule has 0 radical (unpaired) electrons. The Bertz CT molecular complexity index is 990. The molecule has 3 N–H and O–H groups in total. The number of carboxylic acid groups (broad SMARTS) is 1. The summed E-state index contributed by atoms with van der Waals surface area (Å²) in [6, 6.07) is 12.8. The van der Waals surface area contributed by atoms with Crippen LogP contribution in [0.1, 0.15) is 52.0 Å². The molecule has 0 heterocycles. The van der Waals surface area contributed by atoms with Crippen molar-refractivity contribution >= 4 is 28.7 Å². The first kappa shape index (κ1) is 24.6. The molecule has 0 unspecified atom stereocenters. The standard InChI is InChI=1S/C26H34N2O5/c1-26(2,3)33-25(32)27-16-17-8-12-20(13-9-17)23(29)28-22(24(30)31)15-18-10-11-19-6-4-5-7-21(19)14-18/h4-7,10-11,14,17,20,22H,8-9,12-13,15-16H2,1-3H3,(H,27,32)(H,28,29)(H,30,31)/t17?,20?,22-/m0/s1. The summed E-state index contributed by atoms with van der Waals surface area (Å²) in [5.74, 6) is -1.16. The van der Waals surface area contributed by atoms with E-state index in [1.807, 2.05) is 63.2 Å². The average molecular weight is 455 g/mol. The van der Waals surface area contributed by atoms with Crippen LogP contribution in [-0.4, -0.2) is 41.3 Å². The van der Waals surface area contributed by atoms with Crippen molar-refractivity contribution in [3.8, 4) is 0 Å². The highest BCUT2D eigenvalue weighted by molar-refractivity contribution is 5.86. The minimum atomic E-state index is -1.04. The molecular formula is C26H34N2O5. The van der Waals surface area contributed by atoms with E-state index in [0.29, 0.717) is 19.4 Å². The molecule has 0 aromatic heterocycles. The van der Waals surface area contributed by atoms with Crippen LogP contribution in [0.4, 0.5) is 4.79 Å². The van der Waals surface area contributed by atoms with Gasteiger partial charge in [-0.3, -0.25) is 4.79 Å². The van der Waals surface area contributed by atoms with Crippen LogP contribution in [0.3, 0.4) is 0 Å². The van der Waals surface area contributed by atoms with Gasteiger partial charge in [0.2, 0.25) is 5.91 Å². The van der Waals surface area contributed by atoms with E-state index in [1.54, 1.807) is 0 Å². The minimum Gasteiger partial charge on any atom is -0.480 e. The van der Waals surface area contributed by atoms with Crippen LogP contribution >= 0.6 is 0 Å². The maximum absolute atomic E-state index is 12.8. The van der Waals surface area contributed by atoms with E-state index in [2.05, 4.69) is 10.6 Å². The van der Waals surface area contributed by atoms with E-state index < -0.39 is 23.7 Å². The lowest BCUT2D eigenvalue weighted by molar-refractivity contribution is -0.142. The number of carboxylic acids is 1. The fourth-order valence-electron chi connectivity index (χ4n) is 4.26. The number of ether oxygens (including phenoxy) is 1. The normalized spacial score (nSPS) is 19.5. The molecule has 1 aliphatic rings. The number of hydrogen-bond donors (Lipinski definition) is 3. The molecule has 7 nitrogen and oxygen atoms in total. The number of nitrogens with one attached hydrogen (secondary N) is 2. The van der Waals surface area contributed by atoms with Crippen molar-refractivity contribution in [3.05, 3.63) is 48.0 Å². The van der Waals surface area contributed by atoms with E-state index in [0.717, 1.165) is 29.2 Å². The van der Waals surface area contributed by atoms with Crippen LogP contribution in [0.5, 0.6) is 0 Å². The second-order valence-corrected chi connectivity index (χ2v) is 9.89. The quantitative estimate of drug-likeness (QED) is 0.579. The van der Waals surface area contributed by atoms with Crippen molar-refractivity contribution in [1.82, 2.24) is 10.6 Å². The Morgan fingerprint density at radius 1 is 1.03 bits per heavy atom. The summed E-state index contributed by atoms with van der Waals surface area (Å²) in [6.07, 6.45) is 2.76. The van der Waals surface area contributed by atoms with E-state index in [9.17, 15) is 19.5 Å². The van der Waals surface area contributed by atoms with Gasteiger partial charge in [-0.05, 0) is 68.7 Å². The maximum atomic E-state index is 12.8. The van der Waals surface area contributed by atoms with Gasteiger partial charge in [0, 0.05) is 18.9 Å². The van der Waals surface area contributed by atoms with E-state index in [4.69, 9.17) is 4.74 Å². The molecule has 0 aliphatic heterocycles.